The number of nitrogens with two attached hydrogens (primary N) is 1. The summed E-state index contributed by atoms with van der Waals surface area (Å²) in [7, 11) is 1.26. The number of carbonyl (C=O) groups is 2. The number of hydrogen-bond donors (Lipinski definition) is 1. The molecule has 0 unspecified atom stereocenters. The SMILES string of the molecule is COC(=O)c1cc(CN)cc(C(C)=O)n1. The minimum atomic E-state index is -0.576. The first-order chi connectivity index (χ1) is 7.08. The van der Waals surface area contributed by atoms with Crippen LogP contribution in [0.3, 0.4) is 0 Å². The van der Waals surface area contributed by atoms with Crippen LogP contribution in [0.25, 0.3) is 0 Å². The Kier molecular flexibility index (Phi) is 3.51. The average molecular weight is 208 g/mol. The summed E-state index contributed by atoms with van der Waals surface area (Å²) >= 11 is 0. The number of aromatic nitrogens is 1. The van der Waals surface area contributed by atoms with E-state index in [1.165, 1.54) is 20.1 Å². The van der Waals surface area contributed by atoms with Gasteiger partial charge in [0.05, 0.1) is 7.11 Å². The topological polar surface area (TPSA) is 82.3 Å². The van der Waals surface area contributed by atoms with Gasteiger partial charge in [-0.3, -0.25) is 4.79 Å². The molecule has 0 fully saturated rings. The predicted molar refractivity (Wildman–Crippen MR) is 53.5 cm³/mol. The molecular weight excluding hydrogens is 196 g/mol. The maximum Gasteiger partial charge on any atom is 0.356 e. The molecule has 1 heterocycles. The quantitative estimate of drug-likeness (QED) is 0.578. The van der Waals surface area contributed by atoms with Crippen LogP contribution >= 0.6 is 0 Å². The number of rotatable bonds is 3. The van der Waals surface area contributed by atoms with Gasteiger partial charge in [-0.2, -0.15) is 0 Å². The normalized spacial score (nSPS) is 9.80. The van der Waals surface area contributed by atoms with Crippen molar-refractivity contribution in [3.63, 3.8) is 0 Å². The minimum absolute atomic E-state index is 0.102. The molecule has 0 saturated carbocycles. The summed E-state index contributed by atoms with van der Waals surface area (Å²) in [6, 6.07) is 3.08. The van der Waals surface area contributed by atoms with Crippen molar-refractivity contribution in [1.82, 2.24) is 4.98 Å². The van der Waals surface area contributed by atoms with Crippen LogP contribution in [0.1, 0.15) is 33.5 Å². The van der Waals surface area contributed by atoms with Gasteiger partial charge in [0.2, 0.25) is 0 Å². The molecule has 0 saturated heterocycles. The van der Waals surface area contributed by atoms with Crippen molar-refractivity contribution in [3.05, 3.63) is 29.1 Å². The van der Waals surface area contributed by atoms with Crippen molar-refractivity contribution >= 4 is 11.8 Å². The molecule has 0 aliphatic rings. The van der Waals surface area contributed by atoms with E-state index in [2.05, 4.69) is 9.72 Å². The van der Waals surface area contributed by atoms with Gasteiger partial charge < -0.3 is 10.5 Å². The summed E-state index contributed by atoms with van der Waals surface area (Å²) in [4.78, 5) is 26.2. The number of methoxy groups -OCH3 is 1. The Hall–Kier alpha value is -1.75. The molecule has 0 aliphatic carbocycles. The number of pyridine rings is 1. The standard InChI is InChI=1S/C10H12N2O3/c1-6(13)8-3-7(5-11)4-9(12-8)10(14)15-2/h3-4H,5,11H2,1-2H3. The number of nitrogens with zero attached hydrogens (tertiary/aromatic N) is 1. The Morgan fingerprint density at radius 2 is 2.00 bits per heavy atom. The van der Waals surface area contributed by atoms with Crippen LogP contribution in [0.15, 0.2) is 12.1 Å². The fraction of sp³-hybridized carbons (Fsp3) is 0.300. The highest BCUT2D eigenvalue weighted by Crippen LogP contribution is 2.07. The Balaban J connectivity index is 3.23. The summed E-state index contributed by atoms with van der Waals surface area (Å²) in [6.07, 6.45) is 0. The van der Waals surface area contributed by atoms with Gasteiger partial charge >= 0.3 is 5.97 Å². The molecule has 1 aromatic rings. The van der Waals surface area contributed by atoms with Crippen LogP contribution in [0, 0.1) is 0 Å². The van der Waals surface area contributed by atoms with E-state index in [0.29, 0.717) is 5.56 Å². The van der Waals surface area contributed by atoms with Crippen LogP contribution in [0.2, 0.25) is 0 Å². The van der Waals surface area contributed by atoms with Gasteiger partial charge in [0, 0.05) is 13.5 Å². The smallest absolute Gasteiger partial charge is 0.356 e. The second-order valence-electron chi connectivity index (χ2n) is 3.00. The number of carbonyl (C=O) groups excluding carboxylic acids is 2. The highest BCUT2D eigenvalue weighted by molar-refractivity contribution is 5.94. The molecule has 1 rings (SSSR count). The zero-order chi connectivity index (χ0) is 11.4. The third-order valence-electron chi connectivity index (χ3n) is 1.88. The molecule has 5 nitrogen and oxygen atoms in total. The molecular formula is C10H12N2O3. The van der Waals surface area contributed by atoms with Crippen molar-refractivity contribution in [2.24, 2.45) is 5.73 Å². The summed E-state index contributed by atoms with van der Waals surface area (Å²) < 4.78 is 4.52. The lowest BCUT2D eigenvalue weighted by atomic mass is 10.1. The first-order valence-corrected chi connectivity index (χ1v) is 4.38. The van der Waals surface area contributed by atoms with Crippen LogP contribution in [0.5, 0.6) is 0 Å². The van der Waals surface area contributed by atoms with E-state index in [4.69, 9.17) is 5.73 Å². The van der Waals surface area contributed by atoms with Crippen LogP contribution in [-0.2, 0) is 11.3 Å². The molecule has 0 aromatic carbocycles. The number of Topliss-reactive ketones (excluding diaryl/α,β-unsaturated/α-hetero) is 1. The molecule has 0 bridgehead atoms. The zero-order valence-corrected chi connectivity index (χ0v) is 8.61. The first-order valence-electron chi connectivity index (χ1n) is 4.38. The van der Waals surface area contributed by atoms with Gasteiger partial charge in [-0.25, -0.2) is 9.78 Å². The summed E-state index contributed by atoms with van der Waals surface area (Å²) in [6.45, 7) is 1.62. The van der Waals surface area contributed by atoms with E-state index in [0.717, 1.165) is 0 Å². The lowest BCUT2D eigenvalue weighted by Crippen LogP contribution is -2.10. The highest BCUT2D eigenvalue weighted by Gasteiger charge is 2.12. The zero-order valence-electron chi connectivity index (χ0n) is 8.61. The van der Waals surface area contributed by atoms with Crippen molar-refractivity contribution in [2.45, 2.75) is 13.5 Å². The minimum Gasteiger partial charge on any atom is -0.464 e. The number of ketones is 1. The van der Waals surface area contributed by atoms with Gasteiger partial charge in [-0.15, -0.1) is 0 Å². The summed E-state index contributed by atoms with van der Waals surface area (Å²) in [5, 5.41) is 0. The van der Waals surface area contributed by atoms with Crippen LogP contribution < -0.4 is 5.73 Å². The van der Waals surface area contributed by atoms with E-state index in [1.807, 2.05) is 0 Å². The van der Waals surface area contributed by atoms with Gasteiger partial charge in [-0.1, -0.05) is 0 Å². The molecule has 15 heavy (non-hydrogen) atoms. The molecule has 0 atom stereocenters. The second kappa shape index (κ2) is 4.65. The summed E-state index contributed by atoms with van der Waals surface area (Å²) in [5.74, 6) is -0.789. The molecule has 2 N–H and O–H groups in total. The lowest BCUT2D eigenvalue weighted by Gasteiger charge is -2.04. The number of hydrogen-bond acceptors (Lipinski definition) is 5. The van der Waals surface area contributed by atoms with E-state index < -0.39 is 5.97 Å². The Morgan fingerprint density at radius 1 is 1.40 bits per heavy atom. The van der Waals surface area contributed by atoms with Gasteiger partial charge in [0.25, 0.3) is 0 Å². The first kappa shape index (κ1) is 11.3. The van der Waals surface area contributed by atoms with Crippen LogP contribution in [-0.4, -0.2) is 23.8 Å². The Morgan fingerprint density at radius 3 is 2.47 bits per heavy atom. The molecule has 0 aliphatic heterocycles. The molecule has 0 spiro atoms. The molecule has 0 radical (unpaired) electrons. The third kappa shape index (κ3) is 2.60. The monoisotopic (exact) mass is 208 g/mol. The van der Waals surface area contributed by atoms with Crippen molar-refractivity contribution in [1.29, 1.82) is 0 Å². The molecule has 5 heteroatoms. The van der Waals surface area contributed by atoms with Crippen molar-refractivity contribution in [3.8, 4) is 0 Å². The predicted octanol–water partition coefficient (Wildman–Crippen LogP) is 0.530. The van der Waals surface area contributed by atoms with Gasteiger partial charge in [0.1, 0.15) is 11.4 Å². The number of esters is 1. The van der Waals surface area contributed by atoms with E-state index in [1.54, 1.807) is 6.07 Å². The lowest BCUT2D eigenvalue weighted by molar-refractivity contribution is 0.0594. The largest absolute Gasteiger partial charge is 0.464 e. The Bertz CT molecular complexity index is 402. The fourth-order valence-corrected chi connectivity index (χ4v) is 1.09. The Labute approximate surface area is 87.3 Å². The maximum absolute atomic E-state index is 11.2. The summed E-state index contributed by atoms with van der Waals surface area (Å²) in [5.41, 5.74) is 6.44. The van der Waals surface area contributed by atoms with E-state index >= 15 is 0 Å². The molecule has 80 valence electrons. The fourth-order valence-electron chi connectivity index (χ4n) is 1.09. The number of ether oxygens (including phenoxy) is 1. The van der Waals surface area contributed by atoms with E-state index in [9.17, 15) is 9.59 Å². The highest BCUT2D eigenvalue weighted by atomic mass is 16.5. The van der Waals surface area contributed by atoms with E-state index in [-0.39, 0.29) is 23.7 Å². The van der Waals surface area contributed by atoms with Gasteiger partial charge in [-0.05, 0) is 17.7 Å². The van der Waals surface area contributed by atoms with Crippen molar-refractivity contribution in [2.75, 3.05) is 7.11 Å². The van der Waals surface area contributed by atoms with Crippen molar-refractivity contribution < 1.29 is 14.3 Å². The molecule has 0 amide bonds. The third-order valence-corrected chi connectivity index (χ3v) is 1.88. The molecule has 1 aromatic heterocycles. The maximum atomic E-state index is 11.2. The van der Waals surface area contributed by atoms with Crippen LogP contribution in [0.4, 0.5) is 0 Å². The van der Waals surface area contributed by atoms with Gasteiger partial charge in [0.15, 0.2) is 5.78 Å². The average Bonchev–Trinajstić information content (AvgIpc) is 2.27. The second-order valence-corrected chi connectivity index (χ2v) is 3.00.